The first kappa shape index (κ1) is 97.6. The van der Waals surface area contributed by atoms with Gasteiger partial charge in [-0.15, -0.1) is 0 Å². The molecule has 622 valence electrons. The van der Waals surface area contributed by atoms with E-state index in [-0.39, 0.29) is 119 Å². The minimum atomic E-state index is -0.866. The lowest BCUT2D eigenvalue weighted by molar-refractivity contribution is -0.285. The molecule has 20 heteroatoms. The highest BCUT2D eigenvalue weighted by Crippen LogP contribution is 2.45. The Morgan fingerprint density at radius 2 is 0.418 bits per heavy atom. The molecule has 0 heterocycles. The van der Waals surface area contributed by atoms with Gasteiger partial charge in [-0.05, 0) is 184 Å². The standard InChI is InChI=1S/C90H142O16S4/c1-83(2,3)65-53-61(54-66(77(65)95)84(4,5)6)29-33-73(91)99-41-49-107-45-25-37-103-81(104-38-26-46-108-50-42-100-74(92)34-30-62-55-67(85(7,8)9)78(96)68(56-62)86(10,11)12)82(105-39-27-47-109-51-43-101-75(93)35-31-63-57-69(87(13,14)15)79(97)70(58-63)88(16,17)18)106-40-28-48-110-52-44-102-76(94)36-32-64-59-71(89(19,20)21)80(98)72(60-64)90(22,23)24/h53-60,81-82,95-98H,25-52H2,1-24H3. The lowest BCUT2D eigenvalue weighted by Gasteiger charge is -2.28. The van der Waals surface area contributed by atoms with Crippen LogP contribution in [-0.2, 0) is 126 Å². The summed E-state index contributed by atoms with van der Waals surface area (Å²) in [6.45, 7) is 52.4. The summed E-state index contributed by atoms with van der Waals surface area (Å²) in [6, 6.07) is 16.1. The number of rotatable bonds is 45. The van der Waals surface area contributed by atoms with Crippen LogP contribution in [0, 0.1) is 0 Å². The number of hydrogen-bond acceptors (Lipinski definition) is 20. The maximum atomic E-state index is 13.0. The molecule has 0 unspecified atom stereocenters. The van der Waals surface area contributed by atoms with E-state index in [9.17, 15) is 39.6 Å². The molecular formula is C90H142O16S4. The highest BCUT2D eigenvalue weighted by atomic mass is 32.2. The molecule has 4 rings (SSSR count). The van der Waals surface area contributed by atoms with Gasteiger partial charge in [-0.1, -0.05) is 215 Å². The van der Waals surface area contributed by atoms with E-state index in [1.807, 2.05) is 48.5 Å². The van der Waals surface area contributed by atoms with Gasteiger partial charge in [0.2, 0.25) is 12.6 Å². The summed E-state index contributed by atoms with van der Waals surface area (Å²) in [5.41, 5.74) is 8.71. The predicted molar refractivity (Wildman–Crippen MR) is 458 cm³/mol. The molecule has 0 aliphatic carbocycles. The molecule has 0 radical (unpaired) electrons. The van der Waals surface area contributed by atoms with Gasteiger partial charge < -0.3 is 58.3 Å². The summed E-state index contributed by atoms with van der Waals surface area (Å²) in [5.74, 6) is 5.64. The third-order valence-electron chi connectivity index (χ3n) is 18.7. The van der Waals surface area contributed by atoms with Crippen LogP contribution in [0.2, 0.25) is 0 Å². The minimum Gasteiger partial charge on any atom is -0.507 e. The maximum absolute atomic E-state index is 13.0. The van der Waals surface area contributed by atoms with Crippen LogP contribution in [-0.4, -0.2) is 156 Å². The van der Waals surface area contributed by atoms with E-state index in [0.29, 0.717) is 124 Å². The second-order valence-corrected chi connectivity index (χ2v) is 42.0. The Morgan fingerprint density at radius 1 is 0.264 bits per heavy atom. The lowest BCUT2D eigenvalue weighted by Crippen LogP contribution is -2.38. The fourth-order valence-corrected chi connectivity index (χ4v) is 15.2. The normalized spacial score (nSPS) is 12.9. The second kappa shape index (κ2) is 44.9. The molecule has 0 fully saturated rings. The number of aromatic hydroxyl groups is 4. The van der Waals surface area contributed by atoms with Gasteiger partial charge >= 0.3 is 23.9 Å². The number of carbonyl (C=O) groups is 4. The van der Waals surface area contributed by atoms with Crippen LogP contribution < -0.4 is 0 Å². The topological polar surface area (TPSA) is 223 Å². The van der Waals surface area contributed by atoms with Gasteiger partial charge in [-0.2, -0.15) is 47.0 Å². The van der Waals surface area contributed by atoms with E-state index in [4.69, 9.17) is 37.9 Å². The number of phenols is 4. The molecule has 4 aromatic carbocycles. The number of phenolic OH excluding ortho intramolecular Hbond substituents is 4. The van der Waals surface area contributed by atoms with E-state index in [1.54, 1.807) is 47.0 Å². The number of hydrogen-bond donors (Lipinski definition) is 4. The largest absolute Gasteiger partial charge is 0.507 e. The first-order chi connectivity index (χ1) is 51.0. The third-order valence-corrected chi connectivity index (χ3v) is 22.8. The summed E-state index contributed by atoms with van der Waals surface area (Å²) in [7, 11) is 0. The minimum absolute atomic E-state index is 0.232. The molecule has 0 bridgehead atoms. The van der Waals surface area contributed by atoms with Crippen molar-refractivity contribution in [2.75, 3.05) is 98.9 Å². The van der Waals surface area contributed by atoms with Gasteiger partial charge in [0.05, 0.1) is 26.4 Å². The number of carbonyl (C=O) groups excluding carboxylic acids is 4. The Bertz CT molecular complexity index is 2910. The summed E-state index contributed by atoms with van der Waals surface area (Å²) in [6.07, 6.45) is 3.95. The van der Waals surface area contributed by atoms with Crippen LogP contribution in [0.4, 0.5) is 0 Å². The van der Waals surface area contributed by atoms with E-state index in [2.05, 4.69) is 166 Å². The quantitative estimate of drug-likeness (QED) is 0.0140. The van der Waals surface area contributed by atoms with E-state index in [1.165, 1.54) is 0 Å². The summed E-state index contributed by atoms with van der Waals surface area (Å²) < 4.78 is 48.9. The molecule has 16 nitrogen and oxygen atoms in total. The second-order valence-electron chi connectivity index (χ2n) is 37.1. The highest BCUT2D eigenvalue weighted by Gasteiger charge is 2.32. The summed E-state index contributed by atoms with van der Waals surface area (Å²) >= 11 is 6.69. The molecule has 0 saturated heterocycles. The van der Waals surface area contributed by atoms with Crippen molar-refractivity contribution >= 4 is 70.9 Å². The maximum Gasteiger partial charge on any atom is 0.306 e. The first-order valence-corrected chi connectivity index (χ1v) is 44.5. The van der Waals surface area contributed by atoms with Gasteiger partial charge in [0.1, 0.15) is 49.4 Å². The average Bonchev–Trinajstić information content (AvgIpc) is 0.803. The monoisotopic (exact) mass is 1610 g/mol. The van der Waals surface area contributed by atoms with E-state index >= 15 is 0 Å². The van der Waals surface area contributed by atoms with Crippen LogP contribution in [0.15, 0.2) is 48.5 Å². The number of aryl methyl sites for hydroxylation is 4. The third kappa shape index (κ3) is 35.1. The number of benzene rings is 4. The smallest absolute Gasteiger partial charge is 0.306 e. The molecule has 0 amide bonds. The van der Waals surface area contributed by atoms with Crippen molar-refractivity contribution in [3.8, 4) is 23.0 Å². The highest BCUT2D eigenvalue weighted by molar-refractivity contribution is 7.99. The molecule has 0 spiro atoms. The zero-order chi connectivity index (χ0) is 82.6. The molecule has 0 aliphatic heterocycles. The van der Waals surface area contributed by atoms with Gasteiger partial charge in [-0.3, -0.25) is 19.2 Å². The molecule has 0 aliphatic rings. The first-order valence-electron chi connectivity index (χ1n) is 39.9. The Morgan fingerprint density at radius 3 is 0.564 bits per heavy atom. The number of thioether (sulfide) groups is 4. The van der Waals surface area contributed by atoms with Crippen molar-refractivity contribution in [1.29, 1.82) is 0 Å². The van der Waals surface area contributed by atoms with Gasteiger partial charge in [0.15, 0.2) is 0 Å². The van der Waals surface area contributed by atoms with Crippen molar-refractivity contribution in [3.05, 3.63) is 115 Å². The lowest BCUT2D eigenvalue weighted by atomic mass is 9.78. The average molecular weight is 1610 g/mol. The zero-order valence-corrected chi connectivity index (χ0v) is 75.2. The zero-order valence-electron chi connectivity index (χ0n) is 71.9. The van der Waals surface area contributed by atoms with Crippen LogP contribution in [0.1, 0.15) is 284 Å². The molecule has 4 aromatic rings. The molecular weight excluding hydrogens is 1470 g/mol. The van der Waals surface area contributed by atoms with Gasteiger partial charge in [-0.25, -0.2) is 0 Å². The molecule has 110 heavy (non-hydrogen) atoms. The number of ether oxygens (including phenoxy) is 8. The molecule has 4 N–H and O–H groups in total. The van der Waals surface area contributed by atoms with E-state index in [0.717, 1.165) is 89.8 Å². The van der Waals surface area contributed by atoms with Crippen LogP contribution in [0.25, 0.3) is 0 Å². The molecule has 0 saturated carbocycles. The fourth-order valence-electron chi connectivity index (χ4n) is 12.3. The number of esters is 4. The summed E-state index contributed by atoms with van der Waals surface area (Å²) in [4.78, 5) is 52.1. The van der Waals surface area contributed by atoms with E-state index < -0.39 is 12.6 Å². The SMILES string of the molecule is CC(C)(C)c1cc(CCC(=O)OCCSCCCOC(OCCCSCCOC(=O)CCc2cc(C(C)(C)C)c(O)c(C(C)(C)C)c2)C(OCCCSCCOC(=O)CCc2cc(C(C)(C)C)c(O)c(C(C)(C)C)c2)OCCCSCCOC(=O)CCc2cc(C(C)(C)C)c(O)c(C(C)(C)C)c2)cc(C(C)(C)C)c1O. The Balaban J connectivity index is 1.38. The Kier molecular flexibility index (Phi) is 39.8. The van der Waals surface area contributed by atoms with Crippen LogP contribution in [0.3, 0.4) is 0 Å². The summed E-state index contributed by atoms with van der Waals surface area (Å²) in [5, 5.41) is 44.9. The Hall–Kier alpha value is -4.80. The van der Waals surface area contributed by atoms with Crippen molar-refractivity contribution < 1.29 is 77.5 Å². The molecule has 0 atom stereocenters. The van der Waals surface area contributed by atoms with Gasteiger partial charge in [0, 0.05) is 48.7 Å². The van der Waals surface area contributed by atoms with Crippen molar-refractivity contribution in [1.82, 2.24) is 0 Å². The van der Waals surface area contributed by atoms with Crippen molar-refractivity contribution in [2.45, 2.75) is 299 Å². The fraction of sp³-hybridized carbons (Fsp3) is 0.689. The van der Waals surface area contributed by atoms with Crippen molar-refractivity contribution in [2.24, 2.45) is 0 Å². The van der Waals surface area contributed by atoms with Crippen LogP contribution >= 0.6 is 47.0 Å². The van der Waals surface area contributed by atoms with Gasteiger partial charge in [0.25, 0.3) is 0 Å². The predicted octanol–water partition coefficient (Wildman–Crippen LogP) is 20.1. The van der Waals surface area contributed by atoms with Crippen molar-refractivity contribution in [3.63, 3.8) is 0 Å². The molecule has 0 aromatic heterocycles. The van der Waals surface area contributed by atoms with Crippen LogP contribution in [0.5, 0.6) is 23.0 Å². The Labute approximate surface area is 680 Å².